The fourth-order valence-electron chi connectivity index (χ4n) is 5.38. The van der Waals surface area contributed by atoms with Crippen molar-refractivity contribution >= 4 is 73.6 Å². The number of amides is 3. The Morgan fingerprint density at radius 2 is 1.51 bits per heavy atom. The molecule has 0 bridgehead atoms. The van der Waals surface area contributed by atoms with Gasteiger partial charge in [0.05, 0.1) is 15.8 Å². The van der Waals surface area contributed by atoms with Crippen molar-refractivity contribution in [2.45, 2.75) is 52.3 Å². The number of aromatic nitrogens is 4. The molecular formula is C37H37ClF3N9O4S. The number of hydrogen-bond donors (Lipinski definition) is 5. The number of carbonyl (C=O) groups excluding carboxylic acids is 3. The number of aryl methyl sites for hydroxylation is 2. The number of carbonyl (C=O) groups is 3. The maximum atomic E-state index is 13.0. The van der Waals surface area contributed by atoms with Gasteiger partial charge in [-0.15, -0.1) is 0 Å². The summed E-state index contributed by atoms with van der Waals surface area (Å²) in [6, 6.07) is 16.8. The highest BCUT2D eigenvalue weighted by Crippen LogP contribution is 2.48. The standard InChI is InChI=1S/C37H37ClF3N9O4S/c1-20-15-26-27(16-21(20)2)55-34(45-26)46-30(53)29(52)43-18-35(3,4)17-42-28(51)22-5-11-25(12-6-22)44-31-47-32(49-33(48-31)54-19-37(39,40)41)50-36(13-14-36)23-7-9-24(38)10-8-23/h5-12,15-16H,13-14,17-19H2,1-4H3,(H,42,51)(H,43,52)(H,45,46,53)(H2,44,47,48,49,50). The van der Waals surface area contributed by atoms with Gasteiger partial charge in [-0.25, -0.2) is 4.98 Å². The Balaban J connectivity index is 1.03. The average molecular weight is 796 g/mol. The zero-order chi connectivity index (χ0) is 39.5. The molecule has 5 aromatic rings. The predicted octanol–water partition coefficient (Wildman–Crippen LogP) is 7.05. The zero-order valence-electron chi connectivity index (χ0n) is 30.2. The molecule has 0 spiro atoms. The number of anilines is 4. The highest BCUT2D eigenvalue weighted by atomic mass is 35.5. The third-order valence-corrected chi connectivity index (χ3v) is 9.95. The van der Waals surface area contributed by atoms with E-state index in [1.165, 1.54) is 11.3 Å². The molecule has 1 saturated carbocycles. The van der Waals surface area contributed by atoms with E-state index >= 15 is 0 Å². The van der Waals surface area contributed by atoms with Crippen LogP contribution in [-0.2, 0) is 15.1 Å². The van der Waals surface area contributed by atoms with Gasteiger partial charge in [0.1, 0.15) is 0 Å². The van der Waals surface area contributed by atoms with Crippen LogP contribution in [0.2, 0.25) is 5.02 Å². The molecule has 18 heteroatoms. The molecule has 55 heavy (non-hydrogen) atoms. The van der Waals surface area contributed by atoms with Crippen molar-refractivity contribution in [2.75, 3.05) is 35.6 Å². The molecular weight excluding hydrogens is 759 g/mol. The van der Waals surface area contributed by atoms with Gasteiger partial charge in [-0.1, -0.05) is 48.9 Å². The largest absolute Gasteiger partial charge is 0.454 e. The molecule has 1 aliphatic rings. The van der Waals surface area contributed by atoms with Crippen molar-refractivity contribution in [1.82, 2.24) is 30.6 Å². The summed E-state index contributed by atoms with van der Waals surface area (Å²) in [6.45, 7) is 6.28. The van der Waals surface area contributed by atoms with Crippen LogP contribution >= 0.6 is 22.9 Å². The molecule has 288 valence electrons. The number of rotatable bonds is 13. The summed E-state index contributed by atoms with van der Waals surface area (Å²) in [5, 5.41) is 15.0. The first-order valence-electron chi connectivity index (χ1n) is 17.1. The van der Waals surface area contributed by atoms with E-state index in [-0.39, 0.29) is 25.0 Å². The lowest BCUT2D eigenvalue weighted by Crippen LogP contribution is -2.44. The van der Waals surface area contributed by atoms with Crippen molar-refractivity contribution in [2.24, 2.45) is 5.41 Å². The lowest BCUT2D eigenvalue weighted by atomic mass is 9.93. The number of thiazole rings is 1. The highest BCUT2D eigenvalue weighted by Gasteiger charge is 2.45. The number of nitrogens with one attached hydrogen (secondary N) is 5. The normalized spacial score (nSPS) is 13.5. The van der Waals surface area contributed by atoms with E-state index in [1.54, 1.807) is 36.4 Å². The van der Waals surface area contributed by atoms with E-state index in [2.05, 4.69) is 46.5 Å². The summed E-state index contributed by atoms with van der Waals surface area (Å²) in [4.78, 5) is 55.0. The van der Waals surface area contributed by atoms with Crippen LogP contribution in [0.5, 0.6) is 6.01 Å². The predicted molar refractivity (Wildman–Crippen MR) is 204 cm³/mol. The second-order valence-electron chi connectivity index (χ2n) is 14.0. The van der Waals surface area contributed by atoms with E-state index in [1.807, 2.05) is 52.0 Å². The molecule has 0 radical (unpaired) electrons. The Bertz CT molecular complexity index is 2190. The van der Waals surface area contributed by atoms with Crippen LogP contribution in [-0.4, -0.2) is 63.5 Å². The molecule has 2 heterocycles. The Hall–Kier alpha value is -5.55. The molecule has 1 aliphatic carbocycles. The van der Waals surface area contributed by atoms with Gasteiger partial charge >= 0.3 is 24.0 Å². The van der Waals surface area contributed by atoms with Crippen LogP contribution in [0.3, 0.4) is 0 Å². The maximum Gasteiger partial charge on any atom is 0.422 e. The minimum absolute atomic E-state index is 0.0101. The molecule has 0 saturated heterocycles. The van der Waals surface area contributed by atoms with Crippen LogP contribution in [0.1, 0.15) is 53.7 Å². The van der Waals surface area contributed by atoms with Gasteiger partial charge < -0.3 is 26.0 Å². The number of benzene rings is 3. The third-order valence-electron chi connectivity index (χ3n) is 8.77. The summed E-state index contributed by atoms with van der Waals surface area (Å²) in [5.41, 5.74) is 3.44. The summed E-state index contributed by atoms with van der Waals surface area (Å²) in [7, 11) is 0. The van der Waals surface area contributed by atoms with E-state index in [0.717, 1.165) is 39.7 Å². The molecule has 0 aliphatic heterocycles. The first-order valence-corrected chi connectivity index (χ1v) is 18.3. The van der Waals surface area contributed by atoms with Gasteiger partial charge in [0, 0.05) is 29.4 Å². The fourth-order valence-corrected chi connectivity index (χ4v) is 6.45. The Labute approximate surface area is 322 Å². The van der Waals surface area contributed by atoms with Gasteiger partial charge in [-0.3, -0.25) is 19.7 Å². The topological polar surface area (TPSA) is 172 Å². The number of fused-ring (bicyclic) bond motifs is 1. The lowest BCUT2D eigenvalue weighted by Gasteiger charge is -2.25. The quantitative estimate of drug-likeness (QED) is 0.0778. The molecule has 2 aromatic heterocycles. The molecule has 3 amide bonds. The molecule has 0 unspecified atom stereocenters. The van der Waals surface area contributed by atoms with Gasteiger partial charge in [0.25, 0.3) is 5.91 Å². The molecule has 5 N–H and O–H groups in total. The van der Waals surface area contributed by atoms with E-state index in [0.29, 0.717) is 21.4 Å². The van der Waals surface area contributed by atoms with E-state index in [9.17, 15) is 27.6 Å². The van der Waals surface area contributed by atoms with Gasteiger partial charge in [0.2, 0.25) is 11.9 Å². The summed E-state index contributed by atoms with van der Waals surface area (Å²) >= 11 is 7.32. The van der Waals surface area contributed by atoms with Gasteiger partial charge in [-0.05, 0) is 97.3 Å². The fraction of sp³-hybridized carbons (Fsp3) is 0.324. The maximum absolute atomic E-state index is 13.0. The Morgan fingerprint density at radius 1 is 0.855 bits per heavy atom. The minimum Gasteiger partial charge on any atom is -0.454 e. The van der Waals surface area contributed by atoms with Crippen LogP contribution in [0.4, 0.5) is 35.9 Å². The van der Waals surface area contributed by atoms with Crippen molar-refractivity contribution in [3.8, 4) is 6.01 Å². The monoisotopic (exact) mass is 795 g/mol. The smallest absolute Gasteiger partial charge is 0.422 e. The number of hydrogen-bond acceptors (Lipinski definition) is 11. The number of ether oxygens (including phenoxy) is 1. The molecule has 6 rings (SSSR count). The van der Waals surface area contributed by atoms with Crippen molar-refractivity contribution in [3.63, 3.8) is 0 Å². The molecule has 0 atom stereocenters. The number of nitrogens with zero attached hydrogens (tertiary/aromatic N) is 4. The first kappa shape index (κ1) is 39.2. The highest BCUT2D eigenvalue weighted by molar-refractivity contribution is 7.22. The second kappa shape index (κ2) is 15.7. The van der Waals surface area contributed by atoms with Crippen molar-refractivity contribution in [3.05, 3.63) is 87.9 Å². The summed E-state index contributed by atoms with van der Waals surface area (Å²) in [6.07, 6.45) is -3.14. The number of alkyl halides is 3. The van der Waals surface area contributed by atoms with E-state index in [4.69, 9.17) is 16.3 Å². The minimum atomic E-state index is -4.61. The number of halogens is 4. The van der Waals surface area contributed by atoms with Gasteiger partial charge in [0.15, 0.2) is 11.7 Å². The molecule has 13 nitrogen and oxygen atoms in total. The molecule has 1 fully saturated rings. The van der Waals surface area contributed by atoms with Crippen LogP contribution < -0.4 is 31.3 Å². The van der Waals surface area contributed by atoms with E-state index < -0.39 is 47.5 Å². The molecule has 3 aromatic carbocycles. The van der Waals surface area contributed by atoms with Crippen molar-refractivity contribution in [1.29, 1.82) is 0 Å². The van der Waals surface area contributed by atoms with Crippen LogP contribution in [0.15, 0.2) is 60.7 Å². The second-order valence-corrected chi connectivity index (χ2v) is 15.5. The van der Waals surface area contributed by atoms with Crippen LogP contribution in [0, 0.1) is 19.3 Å². The summed E-state index contributed by atoms with van der Waals surface area (Å²) in [5.74, 6) is -2.14. The Morgan fingerprint density at radius 3 is 2.18 bits per heavy atom. The zero-order valence-corrected chi connectivity index (χ0v) is 31.7. The Kier molecular flexibility index (Phi) is 11.2. The SMILES string of the molecule is Cc1cc2nc(NC(=O)C(=O)NCC(C)(C)CNC(=O)c3ccc(Nc4nc(NC5(c6ccc(Cl)cc6)CC5)nc(OCC(F)(F)F)n4)cc3)sc2cc1C. The van der Waals surface area contributed by atoms with Gasteiger partial charge in [-0.2, -0.15) is 28.1 Å². The van der Waals surface area contributed by atoms with Crippen LogP contribution in [0.25, 0.3) is 10.2 Å². The lowest BCUT2D eigenvalue weighted by molar-refractivity contribution is -0.154. The first-order chi connectivity index (χ1) is 26.0. The third kappa shape index (κ3) is 10.4. The van der Waals surface area contributed by atoms with Crippen molar-refractivity contribution < 1.29 is 32.3 Å². The summed E-state index contributed by atoms with van der Waals surface area (Å²) < 4.78 is 44.6. The average Bonchev–Trinajstić information content (AvgIpc) is 3.81.